The van der Waals surface area contributed by atoms with Gasteiger partial charge in [-0.2, -0.15) is 13.5 Å². The highest BCUT2D eigenvalue weighted by Crippen LogP contribution is 2.37. The lowest BCUT2D eigenvalue weighted by atomic mass is 10.0. The summed E-state index contributed by atoms with van der Waals surface area (Å²) in [5, 5.41) is 6.40. The van der Waals surface area contributed by atoms with Gasteiger partial charge in [0, 0.05) is 22.3 Å². The molecule has 4 rings (SSSR count). The molecule has 0 bridgehead atoms. The molecule has 0 saturated carbocycles. The zero-order chi connectivity index (χ0) is 27.6. The van der Waals surface area contributed by atoms with Crippen LogP contribution >= 0.6 is 23.2 Å². The van der Waals surface area contributed by atoms with Crippen molar-refractivity contribution in [2.24, 2.45) is 0 Å². The Morgan fingerprint density at radius 3 is 2.61 bits per heavy atom. The molecule has 1 aromatic heterocycles. The quantitative estimate of drug-likeness (QED) is 0.348. The molecular weight excluding hydrogens is 561 g/mol. The summed E-state index contributed by atoms with van der Waals surface area (Å²) in [6, 6.07) is 6.47. The van der Waals surface area contributed by atoms with E-state index in [9.17, 15) is 17.6 Å². The lowest BCUT2D eigenvalue weighted by Gasteiger charge is -2.20. The number of allylic oxidation sites excluding steroid dienone is 2. The van der Waals surface area contributed by atoms with Crippen LogP contribution < -0.4 is 9.61 Å². The highest BCUT2D eigenvalue weighted by molar-refractivity contribution is 7.87. The predicted octanol–water partition coefficient (Wildman–Crippen LogP) is 5.58. The first-order valence-electron chi connectivity index (χ1n) is 11.4. The van der Waals surface area contributed by atoms with Crippen molar-refractivity contribution in [3.05, 3.63) is 87.7 Å². The zero-order valence-corrected chi connectivity index (χ0v) is 22.5. The van der Waals surface area contributed by atoms with Crippen molar-refractivity contribution >= 4 is 39.2 Å². The van der Waals surface area contributed by atoms with E-state index in [1.54, 1.807) is 19.2 Å². The SMILES string of the molecule is CCCS(=O)(=O)Oc1c(F)ccc(-c2c(C)c(C(=O)NN3C=CC=CC3)nn2-c2ccc(Cl)cc2Cl)c1F. The number of benzene rings is 2. The summed E-state index contributed by atoms with van der Waals surface area (Å²) in [6.07, 6.45) is 7.22. The maximum atomic E-state index is 15.8. The number of amides is 1. The second kappa shape index (κ2) is 11.1. The van der Waals surface area contributed by atoms with Crippen LogP contribution in [0.25, 0.3) is 16.9 Å². The lowest BCUT2D eigenvalue weighted by Crippen LogP contribution is -2.39. The average Bonchev–Trinajstić information content (AvgIpc) is 3.19. The number of rotatable bonds is 8. The molecule has 38 heavy (non-hydrogen) atoms. The molecule has 13 heteroatoms. The van der Waals surface area contributed by atoms with Crippen LogP contribution in [0.15, 0.2) is 54.8 Å². The number of nitrogens with one attached hydrogen (secondary N) is 1. The van der Waals surface area contributed by atoms with Gasteiger partial charge in [0.25, 0.3) is 5.91 Å². The fraction of sp³-hybridized carbons (Fsp3) is 0.200. The molecular formula is C25H22Cl2F2N4O4S. The number of hydrogen-bond donors (Lipinski definition) is 1. The van der Waals surface area contributed by atoms with Crippen molar-refractivity contribution in [2.75, 3.05) is 12.3 Å². The number of aromatic nitrogens is 2. The Morgan fingerprint density at radius 1 is 1.18 bits per heavy atom. The van der Waals surface area contributed by atoms with Gasteiger partial charge >= 0.3 is 10.1 Å². The van der Waals surface area contributed by atoms with Crippen LogP contribution in [0.4, 0.5) is 8.78 Å². The molecule has 1 aliphatic heterocycles. The van der Waals surface area contributed by atoms with Gasteiger partial charge in [-0.15, -0.1) is 0 Å². The second-order valence-corrected chi connectivity index (χ2v) is 10.8. The molecule has 0 unspecified atom stereocenters. The normalized spacial score (nSPS) is 13.2. The number of nitrogens with zero attached hydrogens (tertiary/aromatic N) is 3. The lowest BCUT2D eigenvalue weighted by molar-refractivity contribution is 0.0854. The first kappa shape index (κ1) is 27.6. The Bertz CT molecular complexity index is 1570. The molecule has 0 saturated heterocycles. The van der Waals surface area contributed by atoms with Gasteiger partial charge in [-0.1, -0.05) is 42.3 Å². The van der Waals surface area contributed by atoms with Gasteiger partial charge in [-0.3, -0.25) is 15.2 Å². The van der Waals surface area contributed by atoms with E-state index in [4.69, 9.17) is 27.4 Å². The highest BCUT2D eigenvalue weighted by Gasteiger charge is 2.29. The molecule has 2 heterocycles. The second-order valence-electron chi connectivity index (χ2n) is 8.28. The molecule has 8 nitrogen and oxygen atoms in total. The van der Waals surface area contributed by atoms with Crippen LogP contribution in [0.3, 0.4) is 0 Å². The first-order valence-corrected chi connectivity index (χ1v) is 13.7. The molecule has 0 atom stereocenters. The van der Waals surface area contributed by atoms with E-state index in [1.165, 1.54) is 34.8 Å². The third kappa shape index (κ3) is 5.69. The van der Waals surface area contributed by atoms with Crippen LogP contribution in [-0.4, -0.2) is 41.4 Å². The van der Waals surface area contributed by atoms with E-state index in [2.05, 4.69) is 10.5 Å². The van der Waals surface area contributed by atoms with Gasteiger partial charge in [0.2, 0.25) is 5.75 Å². The Hall–Kier alpha value is -3.41. The minimum absolute atomic E-state index is 0.0312. The van der Waals surface area contributed by atoms with Crippen LogP contribution in [0.5, 0.6) is 5.75 Å². The Labute approximate surface area is 228 Å². The molecule has 1 aliphatic rings. The van der Waals surface area contributed by atoms with E-state index in [1.807, 2.05) is 12.2 Å². The average molecular weight is 583 g/mol. The summed E-state index contributed by atoms with van der Waals surface area (Å²) >= 11 is 12.4. The Kier molecular flexibility index (Phi) is 8.10. The van der Waals surface area contributed by atoms with Crippen LogP contribution in [0.2, 0.25) is 10.0 Å². The van der Waals surface area contributed by atoms with Crippen LogP contribution in [-0.2, 0) is 10.1 Å². The number of halogens is 4. The summed E-state index contributed by atoms with van der Waals surface area (Å²) in [7, 11) is -4.26. The van der Waals surface area contributed by atoms with E-state index in [0.717, 1.165) is 12.1 Å². The summed E-state index contributed by atoms with van der Waals surface area (Å²) < 4.78 is 60.7. The number of carbonyl (C=O) groups is 1. The summed E-state index contributed by atoms with van der Waals surface area (Å²) in [6.45, 7) is 3.53. The topological polar surface area (TPSA) is 93.5 Å². The maximum absolute atomic E-state index is 15.8. The van der Waals surface area contributed by atoms with Crippen molar-refractivity contribution < 1.29 is 26.2 Å². The minimum Gasteiger partial charge on any atom is -0.376 e. The third-order valence-electron chi connectivity index (χ3n) is 5.50. The fourth-order valence-electron chi connectivity index (χ4n) is 3.80. The van der Waals surface area contributed by atoms with E-state index >= 15 is 4.39 Å². The van der Waals surface area contributed by atoms with Gasteiger partial charge in [-0.25, -0.2) is 13.5 Å². The highest BCUT2D eigenvalue weighted by atomic mass is 35.5. The van der Waals surface area contributed by atoms with E-state index in [-0.39, 0.29) is 39.6 Å². The standard InChI is InChI=1S/C25H22Cl2F2N4O4S/c1-3-13-38(35,36)37-24-19(28)9-8-17(21(24)29)23-15(2)22(25(34)31-32-11-5-4-6-12-32)30-33(23)20-10-7-16(26)14-18(20)27/h4-11,14H,3,12-13H2,1-2H3,(H,31,34). The molecule has 3 aromatic rings. The molecule has 0 aliphatic carbocycles. The largest absolute Gasteiger partial charge is 0.376 e. The van der Waals surface area contributed by atoms with Gasteiger partial charge in [0.1, 0.15) is 0 Å². The monoisotopic (exact) mass is 582 g/mol. The van der Waals surface area contributed by atoms with E-state index in [0.29, 0.717) is 11.6 Å². The minimum atomic E-state index is -4.26. The molecule has 0 radical (unpaired) electrons. The summed E-state index contributed by atoms with van der Waals surface area (Å²) in [4.78, 5) is 13.2. The number of hydrazine groups is 1. The Morgan fingerprint density at radius 2 is 1.95 bits per heavy atom. The smallest absolute Gasteiger partial charge is 0.309 e. The maximum Gasteiger partial charge on any atom is 0.309 e. The summed E-state index contributed by atoms with van der Waals surface area (Å²) in [5.74, 6) is -4.60. The third-order valence-corrected chi connectivity index (χ3v) is 7.37. The van der Waals surface area contributed by atoms with Gasteiger partial charge in [0.05, 0.1) is 28.7 Å². The number of hydrogen-bond acceptors (Lipinski definition) is 6. The first-order chi connectivity index (χ1) is 18.0. The zero-order valence-electron chi connectivity index (χ0n) is 20.2. The van der Waals surface area contributed by atoms with E-state index < -0.39 is 39.2 Å². The van der Waals surface area contributed by atoms with Crippen molar-refractivity contribution in [2.45, 2.75) is 20.3 Å². The molecule has 1 amide bonds. The molecule has 2 aromatic carbocycles. The number of carbonyl (C=O) groups excluding carboxylic acids is 1. The van der Waals surface area contributed by atoms with Crippen LogP contribution in [0, 0.1) is 18.6 Å². The van der Waals surface area contributed by atoms with Crippen molar-refractivity contribution in [1.29, 1.82) is 0 Å². The fourth-order valence-corrected chi connectivity index (χ4v) is 5.28. The van der Waals surface area contributed by atoms with Gasteiger partial charge < -0.3 is 4.18 Å². The van der Waals surface area contributed by atoms with Crippen molar-refractivity contribution in [1.82, 2.24) is 20.2 Å². The molecule has 0 fully saturated rings. The van der Waals surface area contributed by atoms with Crippen LogP contribution in [0.1, 0.15) is 29.4 Å². The van der Waals surface area contributed by atoms with Gasteiger partial charge in [-0.05, 0) is 49.8 Å². The van der Waals surface area contributed by atoms with Crippen molar-refractivity contribution in [3.63, 3.8) is 0 Å². The summed E-state index contributed by atoms with van der Waals surface area (Å²) in [5.41, 5.74) is 2.86. The molecule has 1 N–H and O–H groups in total. The predicted molar refractivity (Wildman–Crippen MR) is 141 cm³/mol. The Balaban J connectivity index is 1.89. The van der Waals surface area contributed by atoms with Crippen molar-refractivity contribution in [3.8, 4) is 22.7 Å². The molecule has 0 spiro atoms. The molecule has 200 valence electrons. The van der Waals surface area contributed by atoms with Gasteiger partial charge in [0.15, 0.2) is 17.3 Å².